The van der Waals surface area contributed by atoms with Crippen molar-refractivity contribution in [2.75, 3.05) is 11.9 Å². The van der Waals surface area contributed by atoms with Crippen LogP contribution in [-0.4, -0.2) is 15.9 Å². The summed E-state index contributed by atoms with van der Waals surface area (Å²) in [5.74, 6) is 1.02. The van der Waals surface area contributed by atoms with Crippen LogP contribution < -0.4 is 5.32 Å². The van der Waals surface area contributed by atoms with E-state index >= 15 is 0 Å². The summed E-state index contributed by atoms with van der Waals surface area (Å²) in [5, 5.41) is 13.8. The summed E-state index contributed by atoms with van der Waals surface area (Å²) in [4.78, 5) is 4.84. The molecule has 0 saturated carbocycles. The quantitative estimate of drug-likeness (QED) is 0.348. The van der Waals surface area contributed by atoms with E-state index in [2.05, 4.69) is 77.3 Å². The highest BCUT2D eigenvalue weighted by atomic mass is 15.1. The van der Waals surface area contributed by atoms with Crippen LogP contribution in [0.1, 0.15) is 33.4 Å². The molecule has 0 unspecified atom stereocenters. The van der Waals surface area contributed by atoms with Crippen LogP contribution in [0, 0.1) is 25.2 Å². The Hall–Kier alpha value is -4.10. The van der Waals surface area contributed by atoms with Crippen molar-refractivity contribution < 1.29 is 0 Å². The fourth-order valence-electron chi connectivity index (χ4n) is 4.56. The molecule has 4 nitrogen and oxygen atoms in total. The van der Waals surface area contributed by atoms with Gasteiger partial charge in [0.25, 0.3) is 0 Å². The summed E-state index contributed by atoms with van der Waals surface area (Å²) in [7, 11) is 0. The van der Waals surface area contributed by atoms with E-state index < -0.39 is 0 Å². The predicted molar refractivity (Wildman–Crippen MR) is 135 cm³/mol. The lowest BCUT2D eigenvalue weighted by Gasteiger charge is -2.20. The zero-order valence-electron chi connectivity index (χ0n) is 19.0. The van der Waals surface area contributed by atoms with Crippen molar-refractivity contribution in [2.45, 2.75) is 26.7 Å². The highest BCUT2D eigenvalue weighted by Gasteiger charge is 2.21. The second-order valence-corrected chi connectivity index (χ2v) is 8.46. The van der Waals surface area contributed by atoms with Gasteiger partial charge in [-0.25, -0.2) is 4.98 Å². The maximum absolute atomic E-state index is 10.1. The highest BCUT2D eigenvalue weighted by Crippen LogP contribution is 2.33. The molecule has 1 N–H and O–H groups in total. The van der Waals surface area contributed by atoms with Crippen LogP contribution in [0.15, 0.2) is 78.9 Å². The zero-order valence-corrected chi connectivity index (χ0v) is 19.0. The first-order valence-corrected chi connectivity index (χ1v) is 11.3. The van der Waals surface area contributed by atoms with Gasteiger partial charge in [0.15, 0.2) is 5.65 Å². The Morgan fingerprint density at radius 2 is 1.64 bits per heavy atom. The van der Waals surface area contributed by atoms with Gasteiger partial charge in [0.05, 0.1) is 16.6 Å². The third-order valence-electron chi connectivity index (χ3n) is 6.41. The average molecular weight is 431 g/mol. The van der Waals surface area contributed by atoms with Crippen LogP contribution in [0.3, 0.4) is 0 Å². The van der Waals surface area contributed by atoms with Crippen molar-refractivity contribution >= 4 is 22.5 Å². The van der Waals surface area contributed by atoms with E-state index in [1.807, 2.05) is 31.2 Å². The molecule has 0 spiro atoms. The predicted octanol–water partition coefficient (Wildman–Crippen LogP) is 6.22. The molecule has 0 radical (unpaired) electrons. The largest absolute Gasteiger partial charge is 0.371 e. The molecule has 0 amide bonds. The number of hydrogen-bond donors (Lipinski definition) is 1. The van der Waals surface area contributed by atoms with Gasteiger partial charge in [-0.2, -0.15) is 5.26 Å². The Kier molecular flexibility index (Phi) is 5.54. The molecule has 3 aromatic carbocycles. The number of aryl methyl sites for hydroxylation is 1. The summed E-state index contributed by atoms with van der Waals surface area (Å²) in [6.45, 7) is 4.98. The maximum atomic E-state index is 10.1. The van der Waals surface area contributed by atoms with Crippen LogP contribution >= 0.6 is 0 Å². The normalized spacial score (nSPS) is 11.1. The minimum Gasteiger partial charge on any atom is -0.371 e. The van der Waals surface area contributed by atoms with Crippen LogP contribution in [0.5, 0.6) is 0 Å². The third-order valence-corrected chi connectivity index (χ3v) is 6.41. The van der Waals surface area contributed by atoms with Crippen molar-refractivity contribution in [1.82, 2.24) is 9.38 Å². The molecule has 2 aromatic heterocycles. The van der Waals surface area contributed by atoms with Gasteiger partial charge in [0.2, 0.25) is 0 Å². The number of aromatic nitrogens is 2. The standard InChI is InChI=1S/C29H26N4/c1-20-10-6-7-13-23(20)18-24-21(2)25(19-30)29-32-26-14-8-9-15-27(26)33(29)28(24)31-17-16-22-11-4-3-5-12-22/h3-15,31H,16-18H2,1-2H3. The number of fused-ring (bicyclic) bond motifs is 3. The van der Waals surface area contributed by atoms with Gasteiger partial charge in [-0.05, 0) is 54.7 Å². The molecule has 4 heteroatoms. The molecule has 33 heavy (non-hydrogen) atoms. The van der Waals surface area contributed by atoms with Gasteiger partial charge in [-0.3, -0.25) is 4.40 Å². The lowest BCUT2D eigenvalue weighted by Crippen LogP contribution is -2.14. The lowest BCUT2D eigenvalue weighted by molar-refractivity contribution is 0.977. The van der Waals surface area contributed by atoms with Crippen LogP contribution in [0.25, 0.3) is 16.7 Å². The highest BCUT2D eigenvalue weighted by molar-refractivity contribution is 5.86. The van der Waals surface area contributed by atoms with E-state index in [9.17, 15) is 5.26 Å². The SMILES string of the molecule is Cc1ccccc1Cc1c(C)c(C#N)c2nc3ccccc3n2c1NCCc1ccccc1. The van der Waals surface area contributed by atoms with Crippen LogP contribution in [0.4, 0.5) is 5.82 Å². The van der Waals surface area contributed by atoms with Crippen molar-refractivity contribution in [3.8, 4) is 6.07 Å². The van der Waals surface area contributed by atoms with Crippen molar-refractivity contribution in [1.29, 1.82) is 5.26 Å². The molecule has 5 aromatic rings. The van der Waals surface area contributed by atoms with E-state index in [4.69, 9.17) is 4.98 Å². The second kappa shape index (κ2) is 8.80. The number of imidazole rings is 1. The first-order valence-electron chi connectivity index (χ1n) is 11.3. The fraction of sp³-hybridized carbons (Fsp3) is 0.172. The molecule has 0 fully saturated rings. The van der Waals surface area contributed by atoms with E-state index in [1.54, 1.807) is 0 Å². The number of nitrogens with zero attached hydrogens (tertiary/aromatic N) is 3. The van der Waals surface area contributed by atoms with Crippen molar-refractivity contribution in [2.24, 2.45) is 0 Å². The summed E-state index contributed by atoms with van der Waals surface area (Å²) in [6.07, 6.45) is 1.67. The van der Waals surface area contributed by atoms with Gasteiger partial charge in [0, 0.05) is 18.5 Å². The summed E-state index contributed by atoms with van der Waals surface area (Å²) >= 11 is 0. The van der Waals surface area contributed by atoms with Crippen LogP contribution in [-0.2, 0) is 12.8 Å². The van der Waals surface area contributed by atoms with Gasteiger partial charge < -0.3 is 5.32 Å². The van der Waals surface area contributed by atoms with E-state index in [0.29, 0.717) is 11.2 Å². The van der Waals surface area contributed by atoms with Gasteiger partial charge in [-0.1, -0.05) is 66.7 Å². The van der Waals surface area contributed by atoms with Gasteiger partial charge >= 0.3 is 0 Å². The Balaban J connectivity index is 1.69. The number of nitrogens with one attached hydrogen (secondary N) is 1. The monoisotopic (exact) mass is 430 g/mol. The topological polar surface area (TPSA) is 53.1 Å². The van der Waals surface area contributed by atoms with Crippen molar-refractivity contribution in [3.05, 3.63) is 112 Å². The number of hydrogen-bond acceptors (Lipinski definition) is 3. The fourth-order valence-corrected chi connectivity index (χ4v) is 4.56. The van der Waals surface area contributed by atoms with E-state index in [-0.39, 0.29) is 0 Å². The Morgan fingerprint density at radius 1 is 0.909 bits per heavy atom. The second-order valence-electron chi connectivity index (χ2n) is 8.46. The van der Waals surface area contributed by atoms with Crippen molar-refractivity contribution in [3.63, 3.8) is 0 Å². The lowest BCUT2D eigenvalue weighted by atomic mass is 9.95. The molecule has 5 rings (SSSR count). The number of benzene rings is 3. The molecule has 0 aliphatic heterocycles. The minimum absolute atomic E-state index is 0.642. The Bertz CT molecular complexity index is 1490. The van der Waals surface area contributed by atoms with E-state index in [1.165, 1.54) is 16.7 Å². The summed E-state index contributed by atoms with van der Waals surface area (Å²) in [5.41, 5.74) is 9.21. The molecule has 0 atom stereocenters. The molecule has 0 saturated heterocycles. The summed E-state index contributed by atoms with van der Waals surface area (Å²) < 4.78 is 2.14. The van der Waals surface area contributed by atoms with Gasteiger partial charge in [0.1, 0.15) is 11.9 Å². The number of nitriles is 1. The first kappa shape index (κ1) is 20.8. The Labute approximate surface area is 194 Å². The molecular formula is C29H26N4. The average Bonchev–Trinajstić information content (AvgIpc) is 3.22. The first-order chi connectivity index (χ1) is 16.2. The zero-order chi connectivity index (χ0) is 22.8. The Morgan fingerprint density at radius 3 is 2.42 bits per heavy atom. The molecule has 0 aliphatic rings. The van der Waals surface area contributed by atoms with Gasteiger partial charge in [-0.15, -0.1) is 0 Å². The minimum atomic E-state index is 0.642. The number of pyridine rings is 1. The van der Waals surface area contributed by atoms with E-state index in [0.717, 1.165) is 47.4 Å². The number of rotatable bonds is 6. The molecular weight excluding hydrogens is 404 g/mol. The molecule has 162 valence electrons. The van der Waals surface area contributed by atoms with Crippen LogP contribution in [0.2, 0.25) is 0 Å². The molecule has 0 bridgehead atoms. The third kappa shape index (κ3) is 3.83. The maximum Gasteiger partial charge on any atom is 0.157 e. The molecule has 0 aliphatic carbocycles. The number of para-hydroxylation sites is 2. The molecule has 2 heterocycles. The number of anilines is 1. The smallest absolute Gasteiger partial charge is 0.157 e. The summed E-state index contributed by atoms with van der Waals surface area (Å²) in [6, 6.07) is 29.5.